The van der Waals surface area contributed by atoms with Gasteiger partial charge in [0.2, 0.25) is 5.91 Å². The molecule has 0 radical (unpaired) electrons. The highest BCUT2D eigenvalue weighted by atomic mass is 35.5. The topological polar surface area (TPSA) is 100 Å². The van der Waals surface area contributed by atoms with Crippen LogP contribution in [-0.4, -0.2) is 29.4 Å². The Bertz CT molecular complexity index is 1570. The second-order valence-corrected chi connectivity index (χ2v) is 10.00. The van der Waals surface area contributed by atoms with Crippen LogP contribution in [0, 0.1) is 0 Å². The molecular formula is C29H26ClN5O2. The van der Waals surface area contributed by atoms with Gasteiger partial charge in [-0.15, -0.1) is 0 Å². The van der Waals surface area contributed by atoms with E-state index in [9.17, 15) is 9.59 Å². The van der Waals surface area contributed by atoms with E-state index in [1.54, 1.807) is 39.2 Å². The Kier molecular flexibility index (Phi) is 6.19. The first-order valence-electron chi connectivity index (χ1n) is 11.8. The molecule has 0 atom stereocenters. The van der Waals surface area contributed by atoms with Crippen molar-refractivity contribution in [2.75, 3.05) is 22.6 Å². The fraction of sp³-hybridized carbons (Fsp3) is 0.138. The number of fused-ring (bicyclic) bond motifs is 2. The Labute approximate surface area is 219 Å². The summed E-state index contributed by atoms with van der Waals surface area (Å²) >= 11 is 6.18. The summed E-state index contributed by atoms with van der Waals surface area (Å²) < 4.78 is 0. The van der Waals surface area contributed by atoms with Crippen LogP contribution in [0.25, 0.3) is 22.2 Å². The molecule has 0 saturated carbocycles. The highest BCUT2D eigenvalue weighted by Gasteiger charge is 2.29. The van der Waals surface area contributed by atoms with Gasteiger partial charge in [0.25, 0.3) is 5.91 Å². The maximum absolute atomic E-state index is 13.2. The number of anilines is 3. The van der Waals surface area contributed by atoms with Crippen LogP contribution in [0.4, 0.5) is 17.1 Å². The van der Waals surface area contributed by atoms with Crippen LogP contribution in [0.15, 0.2) is 79.0 Å². The summed E-state index contributed by atoms with van der Waals surface area (Å²) in [5, 5.41) is 7.87. The number of aromatic nitrogens is 1. The van der Waals surface area contributed by atoms with Crippen molar-refractivity contribution in [3.8, 4) is 0 Å². The van der Waals surface area contributed by atoms with Gasteiger partial charge in [0, 0.05) is 40.6 Å². The number of hydrogen-bond acceptors (Lipinski definition) is 5. The summed E-state index contributed by atoms with van der Waals surface area (Å²) in [6.07, 6.45) is 1.75. The van der Waals surface area contributed by atoms with Crippen LogP contribution >= 0.6 is 11.6 Å². The first kappa shape index (κ1) is 24.5. The van der Waals surface area contributed by atoms with Crippen LogP contribution in [0.2, 0.25) is 5.02 Å². The Hall–Kier alpha value is -4.20. The van der Waals surface area contributed by atoms with Gasteiger partial charge in [-0.3, -0.25) is 14.6 Å². The third kappa shape index (κ3) is 4.79. The van der Waals surface area contributed by atoms with E-state index in [-0.39, 0.29) is 11.8 Å². The average molecular weight is 512 g/mol. The summed E-state index contributed by atoms with van der Waals surface area (Å²) in [5.74, 6) is -0.420. The van der Waals surface area contributed by atoms with E-state index in [2.05, 4.69) is 15.6 Å². The van der Waals surface area contributed by atoms with Gasteiger partial charge in [0.05, 0.1) is 28.0 Å². The minimum atomic E-state index is -0.986. The molecule has 0 unspecified atom stereocenters. The van der Waals surface area contributed by atoms with Gasteiger partial charge in [0.15, 0.2) is 0 Å². The van der Waals surface area contributed by atoms with E-state index in [4.69, 9.17) is 17.3 Å². The molecule has 2 amide bonds. The fourth-order valence-electron chi connectivity index (χ4n) is 4.37. The number of rotatable bonds is 5. The molecule has 5 rings (SSSR count). The number of likely N-dealkylation sites (N-methyl/N-ethyl adjacent to an activating group) is 1. The lowest BCUT2D eigenvalue weighted by Gasteiger charge is -2.26. The van der Waals surface area contributed by atoms with Gasteiger partial charge in [-0.05, 0) is 74.0 Å². The molecule has 1 aliphatic heterocycles. The molecule has 186 valence electrons. The zero-order chi connectivity index (χ0) is 26.3. The van der Waals surface area contributed by atoms with Crippen molar-refractivity contribution in [3.05, 3.63) is 95.1 Å². The van der Waals surface area contributed by atoms with E-state index in [0.29, 0.717) is 27.7 Å². The standard InChI is InChI=1S/C29H26ClN5O2/c1-29(2,31)28(37)35(3)21-10-8-20(9-11-21)33-26(18-6-13-23-17(15-18)5-4-14-32-23)25-22-12-7-19(30)16-24(22)34-27(25)36/h4-16,33H,31H2,1-3H3,(H,34,36)/b26-25-. The zero-order valence-corrected chi connectivity index (χ0v) is 21.4. The molecule has 4 N–H and O–H groups in total. The molecule has 7 nitrogen and oxygen atoms in total. The summed E-state index contributed by atoms with van der Waals surface area (Å²) in [7, 11) is 1.70. The molecule has 3 aromatic carbocycles. The molecule has 2 heterocycles. The van der Waals surface area contributed by atoms with Crippen molar-refractivity contribution in [3.63, 3.8) is 0 Å². The Morgan fingerprint density at radius 3 is 2.54 bits per heavy atom. The summed E-state index contributed by atoms with van der Waals surface area (Å²) in [5.41, 5.74) is 10.7. The van der Waals surface area contributed by atoms with Crippen LogP contribution in [-0.2, 0) is 9.59 Å². The Balaban J connectivity index is 1.59. The van der Waals surface area contributed by atoms with E-state index in [0.717, 1.165) is 27.7 Å². The molecule has 4 aromatic rings. The summed E-state index contributed by atoms with van der Waals surface area (Å²) in [4.78, 5) is 31.7. The largest absolute Gasteiger partial charge is 0.354 e. The molecule has 1 aromatic heterocycles. The number of hydrogen-bond donors (Lipinski definition) is 3. The van der Waals surface area contributed by atoms with Crippen molar-refractivity contribution in [1.82, 2.24) is 4.98 Å². The Morgan fingerprint density at radius 2 is 1.81 bits per heavy atom. The molecule has 0 saturated heterocycles. The molecule has 1 aliphatic rings. The molecule has 37 heavy (non-hydrogen) atoms. The first-order chi connectivity index (χ1) is 17.6. The lowest BCUT2D eigenvalue weighted by atomic mass is 9.99. The van der Waals surface area contributed by atoms with Crippen LogP contribution in [0.1, 0.15) is 25.0 Å². The summed E-state index contributed by atoms with van der Waals surface area (Å²) in [6.45, 7) is 3.36. The molecule has 0 aliphatic carbocycles. The number of nitrogens with one attached hydrogen (secondary N) is 2. The second kappa shape index (κ2) is 9.35. The van der Waals surface area contributed by atoms with Crippen LogP contribution < -0.4 is 21.3 Å². The predicted molar refractivity (Wildman–Crippen MR) is 150 cm³/mol. The quantitative estimate of drug-likeness (QED) is 0.306. The third-order valence-electron chi connectivity index (χ3n) is 6.25. The number of nitrogens with two attached hydrogens (primary N) is 1. The fourth-order valence-corrected chi connectivity index (χ4v) is 4.54. The van der Waals surface area contributed by atoms with Crippen LogP contribution in [0.3, 0.4) is 0 Å². The molecule has 0 spiro atoms. The number of halogens is 1. The van der Waals surface area contributed by atoms with Crippen molar-refractivity contribution >= 4 is 62.7 Å². The molecule has 8 heteroatoms. The maximum atomic E-state index is 13.2. The normalized spacial score (nSPS) is 14.2. The third-order valence-corrected chi connectivity index (χ3v) is 6.48. The van der Waals surface area contributed by atoms with Crippen molar-refractivity contribution in [2.45, 2.75) is 19.4 Å². The number of amides is 2. The number of carbonyl (C=O) groups is 2. The predicted octanol–water partition coefficient (Wildman–Crippen LogP) is 5.52. The van der Waals surface area contributed by atoms with Gasteiger partial charge < -0.3 is 21.3 Å². The van der Waals surface area contributed by atoms with E-state index >= 15 is 0 Å². The van der Waals surface area contributed by atoms with E-state index in [1.807, 2.05) is 60.7 Å². The van der Waals surface area contributed by atoms with Gasteiger partial charge in [-0.25, -0.2) is 0 Å². The highest BCUT2D eigenvalue weighted by Crippen LogP contribution is 2.39. The second-order valence-electron chi connectivity index (χ2n) is 9.56. The van der Waals surface area contributed by atoms with Crippen molar-refractivity contribution in [2.24, 2.45) is 5.73 Å². The lowest BCUT2D eigenvalue weighted by Crippen LogP contribution is -2.49. The molecule has 0 bridgehead atoms. The van der Waals surface area contributed by atoms with E-state index < -0.39 is 5.54 Å². The monoisotopic (exact) mass is 511 g/mol. The smallest absolute Gasteiger partial charge is 0.258 e. The number of pyridine rings is 1. The molecular weight excluding hydrogens is 486 g/mol. The van der Waals surface area contributed by atoms with E-state index in [1.165, 1.54) is 4.90 Å². The average Bonchev–Trinajstić information content (AvgIpc) is 3.20. The van der Waals surface area contributed by atoms with Crippen LogP contribution in [0.5, 0.6) is 0 Å². The minimum absolute atomic E-state index is 0.196. The first-order valence-corrected chi connectivity index (χ1v) is 12.1. The Morgan fingerprint density at radius 1 is 1.05 bits per heavy atom. The number of benzene rings is 3. The van der Waals surface area contributed by atoms with Crippen molar-refractivity contribution < 1.29 is 9.59 Å². The summed E-state index contributed by atoms with van der Waals surface area (Å²) in [6, 6.07) is 22.5. The SMILES string of the molecule is CN(C(=O)C(C)(C)N)c1ccc(N/C(=C2\C(=O)Nc3cc(Cl)ccc32)c2ccc3ncccc3c2)cc1. The highest BCUT2D eigenvalue weighted by molar-refractivity contribution is 6.38. The molecule has 0 fully saturated rings. The van der Waals surface area contributed by atoms with Gasteiger partial charge in [-0.1, -0.05) is 29.8 Å². The van der Waals surface area contributed by atoms with Gasteiger partial charge >= 0.3 is 0 Å². The maximum Gasteiger partial charge on any atom is 0.258 e. The van der Waals surface area contributed by atoms with Crippen molar-refractivity contribution in [1.29, 1.82) is 0 Å². The zero-order valence-electron chi connectivity index (χ0n) is 20.7. The number of carbonyl (C=O) groups excluding carboxylic acids is 2. The van der Waals surface area contributed by atoms with Gasteiger partial charge in [-0.2, -0.15) is 0 Å². The minimum Gasteiger partial charge on any atom is -0.354 e. The lowest BCUT2D eigenvalue weighted by molar-refractivity contribution is -0.122. The van der Waals surface area contributed by atoms with Gasteiger partial charge in [0.1, 0.15) is 0 Å². The number of nitrogens with zero attached hydrogens (tertiary/aromatic N) is 2.